The van der Waals surface area contributed by atoms with Crippen LogP contribution in [0.25, 0.3) is 22.3 Å². The van der Waals surface area contributed by atoms with Crippen LogP contribution in [0.15, 0.2) is 43.1 Å². The number of ether oxygens (including phenoxy) is 1. The molecule has 3 aliphatic rings. The van der Waals surface area contributed by atoms with Gasteiger partial charge in [0, 0.05) is 75.1 Å². The molecule has 4 aromatic rings. The van der Waals surface area contributed by atoms with Gasteiger partial charge in [0.2, 0.25) is 0 Å². The van der Waals surface area contributed by atoms with Crippen molar-refractivity contribution in [3.8, 4) is 11.3 Å². The first-order valence-corrected chi connectivity index (χ1v) is 14.6. The van der Waals surface area contributed by atoms with Gasteiger partial charge in [0.1, 0.15) is 17.1 Å². The number of amides is 2. The summed E-state index contributed by atoms with van der Waals surface area (Å²) in [6.45, 7) is 8.20. The lowest BCUT2D eigenvalue weighted by Crippen LogP contribution is -2.39. The average Bonchev–Trinajstić information content (AvgIpc) is 3.72. The summed E-state index contributed by atoms with van der Waals surface area (Å²) in [5, 5.41) is 4.33. The van der Waals surface area contributed by atoms with Gasteiger partial charge in [0.15, 0.2) is 5.82 Å². The van der Waals surface area contributed by atoms with E-state index in [1.54, 1.807) is 41.6 Å². The predicted molar refractivity (Wildman–Crippen MR) is 162 cm³/mol. The first-order valence-electron chi connectivity index (χ1n) is 14.6. The summed E-state index contributed by atoms with van der Waals surface area (Å²) in [4.78, 5) is 50.6. The molecule has 7 rings (SSSR count). The quantitative estimate of drug-likeness (QED) is 0.378. The maximum atomic E-state index is 13.4. The third-order valence-electron chi connectivity index (χ3n) is 8.54. The van der Waals surface area contributed by atoms with Crippen molar-refractivity contribution in [1.29, 1.82) is 0 Å². The lowest BCUT2D eigenvalue weighted by molar-refractivity contribution is 0.0284. The highest BCUT2D eigenvalue weighted by atomic mass is 16.6. The Hall–Kier alpha value is -4.74. The summed E-state index contributed by atoms with van der Waals surface area (Å²) < 4.78 is 7.59. The lowest BCUT2D eigenvalue weighted by atomic mass is 10.0. The Morgan fingerprint density at radius 1 is 1.09 bits per heavy atom. The van der Waals surface area contributed by atoms with Crippen LogP contribution in [0.2, 0.25) is 0 Å². The van der Waals surface area contributed by atoms with Crippen LogP contribution in [0.4, 0.5) is 22.1 Å². The molecule has 0 radical (unpaired) electrons. The zero-order valence-electron chi connectivity index (χ0n) is 25.0. The van der Waals surface area contributed by atoms with E-state index in [9.17, 15) is 9.59 Å². The number of carbonyl (C=O) groups is 2. The number of carbonyl (C=O) groups excluding carboxylic acids is 2. The van der Waals surface area contributed by atoms with E-state index in [0.717, 1.165) is 46.6 Å². The second kappa shape index (κ2) is 9.92. The van der Waals surface area contributed by atoms with E-state index < -0.39 is 5.60 Å². The number of anilines is 3. The summed E-state index contributed by atoms with van der Waals surface area (Å²) in [7, 11) is 3.76. The van der Waals surface area contributed by atoms with Crippen LogP contribution in [-0.2, 0) is 18.3 Å². The topological polar surface area (TPSA) is 122 Å². The fraction of sp³-hybridized carbons (Fsp3) is 0.419. The zero-order valence-corrected chi connectivity index (χ0v) is 25.0. The Labute approximate surface area is 249 Å². The van der Waals surface area contributed by atoms with Gasteiger partial charge in [-0.3, -0.25) is 14.8 Å². The number of nitrogens with zero attached hydrogens (tertiary/aromatic N) is 8. The molecule has 43 heavy (non-hydrogen) atoms. The molecule has 12 heteroatoms. The van der Waals surface area contributed by atoms with Crippen molar-refractivity contribution in [3.63, 3.8) is 0 Å². The van der Waals surface area contributed by atoms with Gasteiger partial charge in [-0.2, -0.15) is 0 Å². The number of aromatic nitrogens is 5. The van der Waals surface area contributed by atoms with E-state index in [2.05, 4.69) is 20.2 Å². The average molecular weight is 582 g/mol. The Morgan fingerprint density at radius 3 is 2.74 bits per heavy atom. The van der Waals surface area contributed by atoms with Crippen molar-refractivity contribution in [2.75, 3.05) is 36.9 Å². The van der Waals surface area contributed by atoms with Gasteiger partial charge in [-0.05, 0) is 39.3 Å². The van der Waals surface area contributed by atoms with Gasteiger partial charge in [0.25, 0.3) is 5.91 Å². The minimum Gasteiger partial charge on any atom is -0.444 e. The SMILES string of the molecule is CN1Cc2c(-c3ccnc4c3ccn4C)ncc(Nc3cncc(N4CCC5CN(C(=O)OC(C)(C)C)CC54)n3)c2C1=O. The number of hydrogen-bond donors (Lipinski definition) is 1. The molecule has 2 saturated heterocycles. The molecular weight excluding hydrogens is 546 g/mol. The van der Waals surface area contributed by atoms with Crippen LogP contribution in [0.5, 0.6) is 0 Å². The van der Waals surface area contributed by atoms with Crippen molar-refractivity contribution < 1.29 is 14.3 Å². The number of pyridine rings is 2. The van der Waals surface area contributed by atoms with Crippen LogP contribution < -0.4 is 10.2 Å². The largest absolute Gasteiger partial charge is 0.444 e. The molecule has 2 unspecified atom stereocenters. The normalized spacial score (nSPS) is 19.7. The Bertz CT molecular complexity index is 1760. The molecule has 2 atom stereocenters. The van der Waals surface area contributed by atoms with E-state index in [0.29, 0.717) is 42.6 Å². The first-order chi connectivity index (χ1) is 20.6. The fourth-order valence-corrected chi connectivity index (χ4v) is 6.56. The van der Waals surface area contributed by atoms with E-state index in [-0.39, 0.29) is 18.0 Å². The van der Waals surface area contributed by atoms with Gasteiger partial charge < -0.3 is 29.3 Å². The van der Waals surface area contributed by atoms with Crippen molar-refractivity contribution >= 4 is 40.4 Å². The standard InChI is InChI=1S/C31H35N9O3/c1-31(2,3)43-30(42)39-15-18-7-11-40(23(18)17-39)25-14-32-13-24(36-25)35-22-12-34-27(21-16-38(5)29(41)26(21)22)19-6-9-33-28-20(19)8-10-37(28)4/h6,8-10,12-14,18,23H,7,11,15-17H2,1-5H3,(H,35,36). The lowest BCUT2D eigenvalue weighted by Gasteiger charge is -2.27. The molecule has 7 heterocycles. The molecule has 0 bridgehead atoms. The van der Waals surface area contributed by atoms with Crippen LogP contribution in [0.1, 0.15) is 43.1 Å². The molecule has 12 nitrogen and oxygen atoms in total. The van der Waals surface area contributed by atoms with E-state index in [1.807, 2.05) is 50.7 Å². The maximum Gasteiger partial charge on any atom is 0.410 e. The smallest absolute Gasteiger partial charge is 0.410 e. The van der Waals surface area contributed by atoms with Gasteiger partial charge in [-0.15, -0.1) is 0 Å². The third kappa shape index (κ3) is 4.70. The number of rotatable bonds is 4. The summed E-state index contributed by atoms with van der Waals surface area (Å²) in [5.41, 5.74) is 4.10. The van der Waals surface area contributed by atoms with Gasteiger partial charge in [0.05, 0.1) is 41.6 Å². The van der Waals surface area contributed by atoms with E-state index >= 15 is 0 Å². The first kappa shape index (κ1) is 27.1. The highest BCUT2D eigenvalue weighted by Crippen LogP contribution is 2.39. The van der Waals surface area contributed by atoms with Crippen molar-refractivity contribution in [2.24, 2.45) is 13.0 Å². The Balaban J connectivity index is 1.16. The maximum absolute atomic E-state index is 13.4. The molecule has 2 amide bonds. The summed E-state index contributed by atoms with van der Waals surface area (Å²) >= 11 is 0. The van der Waals surface area contributed by atoms with E-state index in [1.165, 1.54) is 0 Å². The van der Waals surface area contributed by atoms with Gasteiger partial charge >= 0.3 is 6.09 Å². The number of aryl methyl sites for hydroxylation is 1. The number of fused-ring (bicyclic) bond motifs is 3. The van der Waals surface area contributed by atoms with Gasteiger partial charge in [-0.25, -0.2) is 14.8 Å². The molecule has 0 spiro atoms. The second-order valence-electron chi connectivity index (χ2n) is 12.6. The summed E-state index contributed by atoms with van der Waals surface area (Å²) in [5.74, 6) is 1.54. The molecule has 0 aliphatic carbocycles. The number of hydrogen-bond acceptors (Lipinski definition) is 9. The molecule has 2 fully saturated rings. The van der Waals surface area contributed by atoms with Gasteiger partial charge in [-0.1, -0.05) is 0 Å². The summed E-state index contributed by atoms with van der Waals surface area (Å²) in [6, 6.07) is 4.12. The fourth-order valence-electron chi connectivity index (χ4n) is 6.56. The molecule has 4 aromatic heterocycles. The minimum atomic E-state index is -0.532. The monoisotopic (exact) mass is 581 g/mol. The third-order valence-corrected chi connectivity index (χ3v) is 8.54. The van der Waals surface area contributed by atoms with Crippen molar-refractivity contribution in [2.45, 2.75) is 45.4 Å². The molecule has 222 valence electrons. The minimum absolute atomic E-state index is 0.0702. The predicted octanol–water partition coefficient (Wildman–Crippen LogP) is 4.20. The number of likely N-dealkylation sites (tertiary alicyclic amines) is 1. The molecule has 0 saturated carbocycles. The molecule has 3 aliphatic heterocycles. The molecule has 1 N–H and O–H groups in total. The Kier molecular flexibility index (Phi) is 6.26. The van der Waals surface area contributed by atoms with Crippen molar-refractivity contribution in [3.05, 3.63) is 54.2 Å². The summed E-state index contributed by atoms with van der Waals surface area (Å²) in [6.07, 6.45) is 9.55. The van der Waals surface area contributed by atoms with Crippen LogP contribution in [0, 0.1) is 5.92 Å². The van der Waals surface area contributed by atoms with Crippen LogP contribution >= 0.6 is 0 Å². The molecular formula is C31H35N9O3. The molecule has 0 aromatic carbocycles. The second-order valence-corrected chi connectivity index (χ2v) is 12.6. The number of nitrogens with one attached hydrogen (secondary N) is 1. The van der Waals surface area contributed by atoms with Crippen LogP contribution in [0.3, 0.4) is 0 Å². The Morgan fingerprint density at radius 2 is 1.93 bits per heavy atom. The highest BCUT2D eigenvalue weighted by molar-refractivity contribution is 6.06. The van der Waals surface area contributed by atoms with E-state index in [4.69, 9.17) is 14.7 Å². The van der Waals surface area contributed by atoms with Crippen LogP contribution in [-0.4, -0.2) is 84.6 Å². The van der Waals surface area contributed by atoms with Crippen molar-refractivity contribution in [1.82, 2.24) is 34.3 Å². The highest BCUT2D eigenvalue weighted by Gasteiger charge is 2.44. The zero-order chi connectivity index (χ0) is 30.0.